The first kappa shape index (κ1) is 12.9. The van der Waals surface area contributed by atoms with Crippen molar-refractivity contribution in [3.05, 3.63) is 23.8 Å². The van der Waals surface area contributed by atoms with Gasteiger partial charge in [0, 0.05) is 0 Å². The minimum Gasteiger partial charge on any atom is -0.493 e. The molecule has 0 amide bonds. The van der Waals surface area contributed by atoms with Crippen LogP contribution < -0.4 is 9.47 Å². The van der Waals surface area contributed by atoms with Crippen molar-refractivity contribution in [2.24, 2.45) is 0 Å². The van der Waals surface area contributed by atoms with E-state index in [1.54, 1.807) is 7.11 Å². The molecule has 0 aliphatic heterocycles. The van der Waals surface area contributed by atoms with Gasteiger partial charge in [0.25, 0.3) is 0 Å². The van der Waals surface area contributed by atoms with E-state index >= 15 is 0 Å². The van der Waals surface area contributed by atoms with Gasteiger partial charge >= 0.3 is 0 Å². The van der Waals surface area contributed by atoms with E-state index < -0.39 is 0 Å². The molecule has 2 nitrogen and oxygen atoms in total. The van der Waals surface area contributed by atoms with Gasteiger partial charge in [-0.3, -0.25) is 0 Å². The van der Waals surface area contributed by atoms with Crippen LogP contribution in [0.2, 0.25) is 0 Å². The van der Waals surface area contributed by atoms with Gasteiger partial charge in [-0.25, -0.2) is 0 Å². The predicted octanol–water partition coefficient (Wildman–Crippen LogP) is 4.00. The molecule has 0 heterocycles. The molecule has 0 atom stereocenters. The Morgan fingerprint density at radius 1 is 1.19 bits per heavy atom. The van der Waals surface area contributed by atoms with Crippen molar-refractivity contribution < 1.29 is 9.47 Å². The summed E-state index contributed by atoms with van der Waals surface area (Å²) in [6, 6.07) is 6.16. The van der Waals surface area contributed by atoms with Crippen LogP contribution in [0.1, 0.15) is 45.1 Å². The lowest BCUT2D eigenvalue weighted by Crippen LogP contribution is -2.00. The average molecular weight is 222 g/mol. The van der Waals surface area contributed by atoms with Crippen LogP contribution in [-0.2, 0) is 0 Å². The van der Waals surface area contributed by atoms with Crippen molar-refractivity contribution >= 4 is 0 Å². The van der Waals surface area contributed by atoms with Crippen molar-refractivity contribution in [3.63, 3.8) is 0 Å². The van der Waals surface area contributed by atoms with E-state index in [9.17, 15) is 0 Å². The second-order valence-corrected chi connectivity index (χ2v) is 4.27. The fourth-order valence-corrected chi connectivity index (χ4v) is 1.49. The molecule has 0 fully saturated rings. The predicted molar refractivity (Wildman–Crippen MR) is 67.5 cm³/mol. The van der Waals surface area contributed by atoms with Crippen molar-refractivity contribution in [2.75, 3.05) is 13.7 Å². The van der Waals surface area contributed by atoms with Crippen molar-refractivity contribution in [1.29, 1.82) is 0 Å². The number of hydrogen-bond donors (Lipinski definition) is 0. The van der Waals surface area contributed by atoms with Crippen LogP contribution in [0.3, 0.4) is 0 Å². The molecule has 0 saturated carbocycles. The zero-order valence-electron chi connectivity index (χ0n) is 10.7. The highest BCUT2D eigenvalue weighted by atomic mass is 16.5. The molecule has 0 aromatic heterocycles. The molecule has 90 valence electrons. The van der Waals surface area contributed by atoms with Crippen LogP contribution in [0.4, 0.5) is 0 Å². The van der Waals surface area contributed by atoms with E-state index in [1.807, 2.05) is 6.07 Å². The van der Waals surface area contributed by atoms with Crippen molar-refractivity contribution in [1.82, 2.24) is 0 Å². The van der Waals surface area contributed by atoms with Gasteiger partial charge in [-0.1, -0.05) is 33.3 Å². The molecule has 1 rings (SSSR count). The van der Waals surface area contributed by atoms with Crippen molar-refractivity contribution in [3.8, 4) is 11.5 Å². The first-order valence-electron chi connectivity index (χ1n) is 5.99. The number of benzene rings is 1. The van der Waals surface area contributed by atoms with Gasteiger partial charge < -0.3 is 9.47 Å². The molecule has 2 heteroatoms. The van der Waals surface area contributed by atoms with Crippen LogP contribution >= 0.6 is 0 Å². The Morgan fingerprint density at radius 2 is 1.94 bits per heavy atom. The Kier molecular flexibility index (Phi) is 5.17. The van der Waals surface area contributed by atoms with Crippen LogP contribution in [0, 0.1) is 0 Å². The Balaban J connectivity index is 2.80. The highest BCUT2D eigenvalue weighted by Crippen LogP contribution is 2.30. The zero-order valence-corrected chi connectivity index (χ0v) is 10.7. The van der Waals surface area contributed by atoms with Gasteiger partial charge in [-0.15, -0.1) is 0 Å². The molecule has 1 aromatic carbocycles. The molecule has 0 N–H and O–H groups in total. The SMILES string of the molecule is CCCCOc1cc(C(C)C)ccc1OC. The summed E-state index contributed by atoms with van der Waals surface area (Å²) in [5.74, 6) is 2.20. The number of methoxy groups -OCH3 is 1. The van der Waals surface area contributed by atoms with E-state index in [0.29, 0.717) is 5.92 Å². The van der Waals surface area contributed by atoms with Gasteiger partial charge in [-0.05, 0) is 30.0 Å². The van der Waals surface area contributed by atoms with Crippen LogP contribution in [0.5, 0.6) is 11.5 Å². The van der Waals surface area contributed by atoms with Gasteiger partial charge in [0.2, 0.25) is 0 Å². The molecule has 0 aliphatic rings. The van der Waals surface area contributed by atoms with Gasteiger partial charge in [-0.2, -0.15) is 0 Å². The summed E-state index contributed by atoms with van der Waals surface area (Å²) in [7, 11) is 1.68. The van der Waals surface area contributed by atoms with Crippen LogP contribution in [0.25, 0.3) is 0 Å². The minimum atomic E-state index is 0.513. The Labute approximate surface area is 98.6 Å². The Bertz CT molecular complexity index is 319. The first-order valence-corrected chi connectivity index (χ1v) is 5.99. The van der Waals surface area contributed by atoms with Gasteiger partial charge in [0.1, 0.15) is 0 Å². The fraction of sp³-hybridized carbons (Fsp3) is 0.571. The van der Waals surface area contributed by atoms with E-state index in [1.165, 1.54) is 5.56 Å². The number of unbranched alkanes of at least 4 members (excludes halogenated alkanes) is 1. The van der Waals surface area contributed by atoms with E-state index in [0.717, 1.165) is 30.9 Å². The maximum Gasteiger partial charge on any atom is 0.161 e. The van der Waals surface area contributed by atoms with E-state index in [4.69, 9.17) is 9.47 Å². The summed E-state index contributed by atoms with van der Waals surface area (Å²) in [4.78, 5) is 0. The maximum atomic E-state index is 5.73. The topological polar surface area (TPSA) is 18.5 Å². The highest BCUT2D eigenvalue weighted by molar-refractivity contribution is 5.43. The first-order chi connectivity index (χ1) is 7.69. The molecule has 16 heavy (non-hydrogen) atoms. The molecular weight excluding hydrogens is 200 g/mol. The van der Waals surface area contributed by atoms with Crippen LogP contribution in [-0.4, -0.2) is 13.7 Å². The average Bonchev–Trinajstić information content (AvgIpc) is 2.29. The highest BCUT2D eigenvalue weighted by Gasteiger charge is 2.07. The summed E-state index contributed by atoms with van der Waals surface area (Å²) < 4.78 is 11.0. The molecule has 0 aliphatic carbocycles. The Morgan fingerprint density at radius 3 is 2.50 bits per heavy atom. The minimum absolute atomic E-state index is 0.513. The third-order valence-electron chi connectivity index (χ3n) is 2.61. The molecule has 0 bridgehead atoms. The summed E-state index contributed by atoms with van der Waals surface area (Å²) >= 11 is 0. The summed E-state index contributed by atoms with van der Waals surface area (Å²) in [5, 5.41) is 0. The molecular formula is C14H22O2. The molecule has 0 spiro atoms. The second kappa shape index (κ2) is 6.41. The quantitative estimate of drug-likeness (QED) is 0.677. The lowest BCUT2D eigenvalue weighted by molar-refractivity contribution is 0.288. The number of rotatable bonds is 6. The third kappa shape index (κ3) is 3.44. The standard InChI is InChI=1S/C14H22O2/c1-5-6-9-16-14-10-12(11(2)3)7-8-13(14)15-4/h7-8,10-11H,5-6,9H2,1-4H3. The smallest absolute Gasteiger partial charge is 0.161 e. The fourth-order valence-electron chi connectivity index (χ4n) is 1.49. The maximum absolute atomic E-state index is 5.73. The largest absolute Gasteiger partial charge is 0.493 e. The van der Waals surface area contributed by atoms with Crippen LogP contribution in [0.15, 0.2) is 18.2 Å². The normalized spacial score (nSPS) is 10.6. The lowest BCUT2D eigenvalue weighted by atomic mass is 10.0. The molecule has 0 saturated heterocycles. The summed E-state index contributed by atoms with van der Waals surface area (Å²) in [5.41, 5.74) is 1.28. The lowest BCUT2D eigenvalue weighted by Gasteiger charge is -2.13. The molecule has 1 aromatic rings. The monoisotopic (exact) mass is 222 g/mol. The third-order valence-corrected chi connectivity index (χ3v) is 2.61. The number of hydrogen-bond acceptors (Lipinski definition) is 2. The number of ether oxygens (including phenoxy) is 2. The van der Waals surface area contributed by atoms with Gasteiger partial charge in [0.15, 0.2) is 11.5 Å². The van der Waals surface area contributed by atoms with E-state index in [2.05, 4.69) is 32.9 Å². The van der Waals surface area contributed by atoms with Crippen molar-refractivity contribution in [2.45, 2.75) is 39.5 Å². The van der Waals surface area contributed by atoms with E-state index in [-0.39, 0.29) is 0 Å². The summed E-state index contributed by atoms with van der Waals surface area (Å²) in [6.45, 7) is 7.27. The zero-order chi connectivity index (χ0) is 12.0. The van der Waals surface area contributed by atoms with Gasteiger partial charge in [0.05, 0.1) is 13.7 Å². The molecule has 0 unspecified atom stereocenters. The molecule has 0 radical (unpaired) electrons. The summed E-state index contributed by atoms with van der Waals surface area (Å²) in [6.07, 6.45) is 2.22. The second-order valence-electron chi connectivity index (χ2n) is 4.27. The Hall–Kier alpha value is -1.18.